The lowest BCUT2D eigenvalue weighted by atomic mass is 10.1. The smallest absolute Gasteiger partial charge is 0.230 e. The van der Waals surface area contributed by atoms with Crippen LogP contribution in [0.1, 0.15) is 12.0 Å². The van der Waals surface area contributed by atoms with E-state index in [0.717, 1.165) is 17.0 Å². The standard InChI is InChI=1S/C18H19N3O3/c1-12-3-8-16(19-10-12)20-18(23)13-9-17(22)21(11-13)14-4-6-15(24-2)7-5-14/h3-8,10,13H,9,11H2,1-2H3,(H,19,20,23). The zero-order chi connectivity index (χ0) is 17.1. The number of amides is 2. The first kappa shape index (κ1) is 16.0. The van der Waals surface area contributed by atoms with Gasteiger partial charge in [-0.05, 0) is 42.8 Å². The molecule has 1 aromatic carbocycles. The number of methoxy groups -OCH3 is 1. The van der Waals surface area contributed by atoms with Crippen LogP contribution >= 0.6 is 0 Å². The van der Waals surface area contributed by atoms with Gasteiger partial charge in [0.1, 0.15) is 11.6 Å². The number of nitrogens with one attached hydrogen (secondary N) is 1. The fraction of sp³-hybridized carbons (Fsp3) is 0.278. The molecular weight excluding hydrogens is 306 g/mol. The van der Waals surface area contributed by atoms with E-state index in [0.29, 0.717) is 12.4 Å². The highest BCUT2D eigenvalue weighted by Crippen LogP contribution is 2.27. The molecule has 1 fully saturated rings. The van der Waals surface area contributed by atoms with Gasteiger partial charge in [-0.15, -0.1) is 0 Å². The summed E-state index contributed by atoms with van der Waals surface area (Å²) in [5.74, 6) is 0.599. The van der Waals surface area contributed by atoms with E-state index in [-0.39, 0.29) is 24.2 Å². The van der Waals surface area contributed by atoms with E-state index in [1.165, 1.54) is 0 Å². The molecule has 1 aliphatic rings. The number of benzene rings is 1. The molecule has 1 N–H and O–H groups in total. The maximum atomic E-state index is 12.4. The highest BCUT2D eigenvalue weighted by molar-refractivity contribution is 6.03. The molecule has 2 heterocycles. The van der Waals surface area contributed by atoms with Gasteiger partial charge in [-0.25, -0.2) is 4.98 Å². The summed E-state index contributed by atoms with van der Waals surface area (Å²) in [6.07, 6.45) is 1.89. The highest BCUT2D eigenvalue weighted by atomic mass is 16.5. The van der Waals surface area contributed by atoms with Crippen molar-refractivity contribution in [3.8, 4) is 5.75 Å². The van der Waals surface area contributed by atoms with Crippen molar-refractivity contribution in [2.24, 2.45) is 5.92 Å². The predicted octanol–water partition coefficient (Wildman–Crippen LogP) is 2.39. The fourth-order valence-corrected chi connectivity index (χ4v) is 2.66. The van der Waals surface area contributed by atoms with Gasteiger partial charge in [0.05, 0.1) is 13.0 Å². The number of anilines is 2. The van der Waals surface area contributed by atoms with E-state index >= 15 is 0 Å². The van der Waals surface area contributed by atoms with Gasteiger partial charge in [-0.3, -0.25) is 9.59 Å². The summed E-state index contributed by atoms with van der Waals surface area (Å²) in [4.78, 5) is 30.4. The maximum absolute atomic E-state index is 12.4. The molecule has 6 nitrogen and oxygen atoms in total. The van der Waals surface area contributed by atoms with Gasteiger partial charge in [0.15, 0.2) is 0 Å². The number of ether oxygens (including phenoxy) is 1. The van der Waals surface area contributed by atoms with Crippen LogP contribution in [0.15, 0.2) is 42.6 Å². The first-order valence-electron chi connectivity index (χ1n) is 7.75. The number of aromatic nitrogens is 1. The molecule has 24 heavy (non-hydrogen) atoms. The van der Waals surface area contributed by atoms with Gasteiger partial charge >= 0.3 is 0 Å². The van der Waals surface area contributed by atoms with Crippen molar-refractivity contribution in [2.45, 2.75) is 13.3 Å². The van der Waals surface area contributed by atoms with Gasteiger partial charge < -0.3 is 15.0 Å². The van der Waals surface area contributed by atoms with Crippen molar-refractivity contribution in [1.29, 1.82) is 0 Å². The van der Waals surface area contributed by atoms with Crippen molar-refractivity contribution in [3.05, 3.63) is 48.2 Å². The van der Waals surface area contributed by atoms with Crippen molar-refractivity contribution in [3.63, 3.8) is 0 Å². The van der Waals surface area contributed by atoms with Gasteiger partial charge in [0, 0.05) is 24.8 Å². The number of pyridine rings is 1. The minimum atomic E-state index is -0.386. The molecule has 1 aromatic heterocycles. The number of carbonyl (C=O) groups excluding carboxylic acids is 2. The van der Waals surface area contributed by atoms with Gasteiger partial charge in [-0.2, -0.15) is 0 Å². The van der Waals surface area contributed by atoms with Crippen LogP contribution in [0.2, 0.25) is 0 Å². The minimum Gasteiger partial charge on any atom is -0.497 e. The number of hydrogen-bond donors (Lipinski definition) is 1. The Morgan fingerprint density at radius 2 is 2.00 bits per heavy atom. The van der Waals surface area contributed by atoms with Crippen LogP contribution in [0.25, 0.3) is 0 Å². The second-order valence-corrected chi connectivity index (χ2v) is 5.81. The van der Waals surface area contributed by atoms with Crippen LogP contribution in [0.3, 0.4) is 0 Å². The van der Waals surface area contributed by atoms with Crippen LogP contribution in [0, 0.1) is 12.8 Å². The van der Waals surface area contributed by atoms with E-state index < -0.39 is 0 Å². The van der Waals surface area contributed by atoms with Crippen LogP contribution in [0.4, 0.5) is 11.5 Å². The van der Waals surface area contributed by atoms with E-state index in [4.69, 9.17) is 4.74 Å². The third-order valence-electron chi connectivity index (χ3n) is 4.04. The molecule has 6 heteroatoms. The average molecular weight is 325 g/mol. The summed E-state index contributed by atoms with van der Waals surface area (Å²) in [5.41, 5.74) is 1.79. The zero-order valence-electron chi connectivity index (χ0n) is 13.7. The van der Waals surface area contributed by atoms with Gasteiger partial charge in [-0.1, -0.05) is 6.07 Å². The molecule has 1 saturated heterocycles. The Bertz CT molecular complexity index is 741. The Morgan fingerprint density at radius 1 is 1.25 bits per heavy atom. The Balaban J connectivity index is 1.67. The summed E-state index contributed by atoms with van der Waals surface area (Å²) in [6.45, 7) is 2.30. The number of nitrogens with zero attached hydrogens (tertiary/aromatic N) is 2. The molecule has 0 aliphatic carbocycles. The van der Waals surface area contributed by atoms with Crippen LogP contribution in [0.5, 0.6) is 5.75 Å². The number of aryl methyl sites for hydroxylation is 1. The summed E-state index contributed by atoms with van der Waals surface area (Å²) in [5, 5.41) is 2.77. The van der Waals surface area contributed by atoms with E-state index in [2.05, 4.69) is 10.3 Å². The third kappa shape index (κ3) is 3.37. The largest absolute Gasteiger partial charge is 0.497 e. The summed E-state index contributed by atoms with van der Waals surface area (Å²) in [7, 11) is 1.59. The lowest BCUT2D eigenvalue weighted by molar-refractivity contribution is -0.122. The first-order chi connectivity index (χ1) is 11.6. The lowest BCUT2D eigenvalue weighted by Crippen LogP contribution is -2.28. The molecule has 1 unspecified atom stereocenters. The number of hydrogen-bond acceptors (Lipinski definition) is 4. The molecule has 0 saturated carbocycles. The fourth-order valence-electron chi connectivity index (χ4n) is 2.66. The number of carbonyl (C=O) groups is 2. The quantitative estimate of drug-likeness (QED) is 0.937. The van der Waals surface area contributed by atoms with Crippen LogP contribution in [-0.4, -0.2) is 30.5 Å². The summed E-state index contributed by atoms with van der Waals surface area (Å²) >= 11 is 0. The minimum absolute atomic E-state index is 0.0582. The predicted molar refractivity (Wildman–Crippen MR) is 91.1 cm³/mol. The topological polar surface area (TPSA) is 71.5 Å². The second kappa shape index (κ2) is 6.70. The van der Waals surface area contributed by atoms with E-state index in [1.54, 1.807) is 36.4 Å². The summed E-state index contributed by atoms with van der Waals surface area (Å²) in [6, 6.07) is 10.9. The molecular formula is C18H19N3O3. The van der Waals surface area contributed by atoms with E-state index in [1.807, 2.05) is 25.1 Å². The molecule has 2 aromatic rings. The Kier molecular flexibility index (Phi) is 4.46. The molecule has 0 radical (unpaired) electrons. The monoisotopic (exact) mass is 325 g/mol. The van der Waals surface area contributed by atoms with Crippen LogP contribution < -0.4 is 15.0 Å². The van der Waals surface area contributed by atoms with Crippen molar-refractivity contribution in [1.82, 2.24) is 4.98 Å². The van der Waals surface area contributed by atoms with Crippen molar-refractivity contribution < 1.29 is 14.3 Å². The zero-order valence-corrected chi connectivity index (χ0v) is 13.7. The van der Waals surface area contributed by atoms with E-state index in [9.17, 15) is 9.59 Å². The second-order valence-electron chi connectivity index (χ2n) is 5.81. The molecule has 0 spiro atoms. The highest BCUT2D eigenvalue weighted by Gasteiger charge is 2.35. The first-order valence-corrected chi connectivity index (χ1v) is 7.75. The van der Waals surface area contributed by atoms with Gasteiger partial charge in [0.25, 0.3) is 0 Å². The van der Waals surface area contributed by atoms with Crippen molar-refractivity contribution in [2.75, 3.05) is 23.9 Å². The Morgan fingerprint density at radius 3 is 2.62 bits per heavy atom. The molecule has 1 aliphatic heterocycles. The maximum Gasteiger partial charge on any atom is 0.230 e. The summed E-state index contributed by atoms with van der Waals surface area (Å²) < 4.78 is 5.12. The molecule has 1 atom stereocenters. The Hall–Kier alpha value is -2.89. The Labute approximate surface area is 140 Å². The van der Waals surface area contributed by atoms with Gasteiger partial charge in [0.2, 0.25) is 11.8 Å². The lowest BCUT2D eigenvalue weighted by Gasteiger charge is -2.17. The number of rotatable bonds is 4. The van der Waals surface area contributed by atoms with Crippen molar-refractivity contribution >= 4 is 23.3 Å². The average Bonchev–Trinajstić information content (AvgIpc) is 2.99. The molecule has 2 amide bonds. The third-order valence-corrected chi connectivity index (χ3v) is 4.04. The van der Waals surface area contributed by atoms with Crippen LogP contribution in [-0.2, 0) is 9.59 Å². The molecule has 3 rings (SSSR count). The normalized spacial score (nSPS) is 17.0. The SMILES string of the molecule is COc1ccc(N2CC(C(=O)Nc3ccc(C)cn3)CC2=O)cc1. The molecule has 124 valence electrons. The molecule has 0 bridgehead atoms.